The molecule has 0 radical (unpaired) electrons. The molecule has 1 aliphatic carbocycles. The Morgan fingerprint density at radius 1 is 1.32 bits per heavy atom. The number of hydrogen-bond acceptors (Lipinski definition) is 3. The van der Waals surface area contributed by atoms with E-state index in [9.17, 15) is 4.79 Å². The molecule has 1 atom stereocenters. The highest BCUT2D eigenvalue weighted by Crippen LogP contribution is 2.30. The first kappa shape index (κ1) is 23.4. The zero-order chi connectivity index (χ0) is 19.2. The fourth-order valence-corrected chi connectivity index (χ4v) is 5.21. The van der Waals surface area contributed by atoms with Gasteiger partial charge in [-0.1, -0.05) is 55.6 Å². The lowest BCUT2D eigenvalue weighted by Crippen LogP contribution is -2.37. The number of halogens is 2. The van der Waals surface area contributed by atoms with E-state index < -0.39 is 0 Å². The van der Waals surface area contributed by atoms with Crippen molar-refractivity contribution in [3.05, 3.63) is 28.8 Å². The maximum atomic E-state index is 12.6. The Morgan fingerprint density at radius 3 is 2.75 bits per heavy atom. The summed E-state index contributed by atoms with van der Waals surface area (Å²) in [7, 11) is 0. The third-order valence-electron chi connectivity index (χ3n) is 5.30. The van der Waals surface area contributed by atoms with Crippen LogP contribution in [0.1, 0.15) is 57.4 Å². The number of carbonyl (C=O) groups is 1. The van der Waals surface area contributed by atoms with Crippen molar-refractivity contribution in [1.29, 1.82) is 0 Å². The summed E-state index contributed by atoms with van der Waals surface area (Å²) in [6, 6.07) is 6.35. The topological polar surface area (TPSA) is 44.7 Å². The van der Waals surface area contributed by atoms with Crippen LogP contribution in [0.15, 0.2) is 23.2 Å². The summed E-state index contributed by atoms with van der Waals surface area (Å²) in [5.41, 5.74) is 1.78. The summed E-state index contributed by atoms with van der Waals surface area (Å²) in [6.07, 6.45) is 7.92. The average Bonchev–Trinajstić information content (AvgIpc) is 3.01. The van der Waals surface area contributed by atoms with Gasteiger partial charge in [0.25, 0.3) is 0 Å². The highest BCUT2D eigenvalue weighted by Gasteiger charge is 2.32. The molecule has 1 heterocycles. The first-order valence-corrected chi connectivity index (χ1v) is 11.5. The number of rotatable bonds is 6. The Kier molecular flexibility index (Phi) is 9.45. The van der Waals surface area contributed by atoms with E-state index in [-0.39, 0.29) is 24.4 Å². The van der Waals surface area contributed by atoms with Crippen LogP contribution in [0, 0.1) is 6.92 Å². The summed E-state index contributed by atoms with van der Waals surface area (Å²) in [5, 5.41) is 4.83. The second-order valence-corrected chi connectivity index (χ2v) is 8.97. The molecule has 28 heavy (non-hydrogen) atoms. The van der Waals surface area contributed by atoms with E-state index >= 15 is 0 Å². The second-order valence-electron chi connectivity index (χ2n) is 7.58. The van der Waals surface area contributed by atoms with Crippen LogP contribution in [0.25, 0.3) is 0 Å². The van der Waals surface area contributed by atoms with Crippen molar-refractivity contribution in [3.8, 4) is 0 Å². The van der Waals surface area contributed by atoms with Crippen LogP contribution in [0.3, 0.4) is 0 Å². The van der Waals surface area contributed by atoms with Crippen molar-refractivity contribution in [2.75, 3.05) is 17.6 Å². The summed E-state index contributed by atoms with van der Waals surface area (Å²) >= 11 is 7.98. The minimum atomic E-state index is 0. The number of carbonyl (C=O) groups excluding carboxylic acids is 1. The summed E-state index contributed by atoms with van der Waals surface area (Å²) in [4.78, 5) is 20.0. The van der Waals surface area contributed by atoms with Crippen LogP contribution in [0.5, 0.6) is 0 Å². The Morgan fingerprint density at radius 2 is 2.07 bits per heavy atom. The fourth-order valence-electron chi connectivity index (χ4n) is 3.76. The lowest BCUT2D eigenvalue weighted by molar-refractivity contribution is -0.116. The van der Waals surface area contributed by atoms with Gasteiger partial charge in [0.05, 0.1) is 6.04 Å². The number of aryl methyl sites for hydroxylation is 1. The molecule has 4 nitrogen and oxygen atoms in total. The van der Waals surface area contributed by atoms with Crippen molar-refractivity contribution < 1.29 is 4.79 Å². The zero-order valence-electron chi connectivity index (χ0n) is 16.7. The van der Waals surface area contributed by atoms with E-state index in [1.54, 1.807) is 0 Å². The molecule has 2 aliphatic rings. The van der Waals surface area contributed by atoms with E-state index in [1.165, 1.54) is 32.1 Å². The summed E-state index contributed by atoms with van der Waals surface area (Å²) in [5.74, 6) is 0.980. The minimum absolute atomic E-state index is 0. The Hall–Kier alpha value is -0.910. The quantitative estimate of drug-likeness (QED) is 0.593. The Labute approximate surface area is 184 Å². The minimum Gasteiger partial charge on any atom is -0.347 e. The molecule has 3 rings (SSSR count). The number of amidine groups is 1. The normalized spacial score (nSPS) is 21.6. The number of thioether (sulfide) groups is 1. The van der Waals surface area contributed by atoms with Crippen LogP contribution in [0.2, 0.25) is 5.02 Å². The predicted octanol–water partition coefficient (Wildman–Crippen LogP) is 5.91. The lowest BCUT2D eigenvalue weighted by atomic mass is 9.96. The van der Waals surface area contributed by atoms with Crippen molar-refractivity contribution >= 4 is 52.5 Å². The van der Waals surface area contributed by atoms with Crippen molar-refractivity contribution in [1.82, 2.24) is 4.90 Å². The van der Waals surface area contributed by atoms with Gasteiger partial charge in [0.1, 0.15) is 0 Å². The fraction of sp³-hybridized carbons (Fsp3) is 0.619. The molecule has 1 saturated heterocycles. The smallest absolute Gasteiger partial charge is 0.226 e. The molecule has 1 aliphatic heterocycles. The van der Waals surface area contributed by atoms with Gasteiger partial charge >= 0.3 is 0 Å². The number of hydrogen-bond donors (Lipinski definition) is 1. The van der Waals surface area contributed by atoms with Crippen LogP contribution < -0.4 is 5.32 Å². The zero-order valence-corrected chi connectivity index (χ0v) is 19.1. The number of anilines is 1. The van der Waals surface area contributed by atoms with Crippen LogP contribution in [0.4, 0.5) is 5.69 Å². The molecule has 1 amide bonds. The molecule has 1 aromatic rings. The summed E-state index contributed by atoms with van der Waals surface area (Å²) in [6.45, 7) is 5.11. The second kappa shape index (κ2) is 11.3. The predicted molar refractivity (Wildman–Crippen MR) is 124 cm³/mol. The number of nitrogens with zero attached hydrogens (tertiary/aromatic N) is 2. The van der Waals surface area contributed by atoms with Crippen molar-refractivity contribution in [2.45, 2.75) is 70.9 Å². The van der Waals surface area contributed by atoms with E-state index in [2.05, 4.69) is 17.1 Å². The van der Waals surface area contributed by atoms with E-state index in [4.69, 9.17) is 16.6 Å². The number of aliphatic imine (C=N–C) groups is 1. The molecule has 0 aromatic heterocycles. The van der Waals surface area contributed by atoms with Crippen LogP contribution in [-0.2, 0) is 4.79 Å². The number of benzene rings is 1. The lowest BCUT2D eigenvalue weighted by Gasteiger charge is -2.27. The molecule has 1 N–H and O–H groups in total. The Balaban J connectivity index is 0.00000280. The first-order chi connectivity index (χ1) is 13.1. The SMILES string of the molecule is CCCN1/C(=N/C2CCCCC2)SCC1CC(=O)Nc1ccc(C)c(Cl)c1.Cl. The van der Waals surface area contributed by atoms with Gasteiger partial charge < -0.3 is 10.2 Å². The van der Waals surface area contributed by atoms with Gasteiger partial charge in [-0.25, -0.2) is 0 Å². The van der Waals surface area contributed by atoms with Gasteiger partial charge in [0.2, 0.25) is 5.91 Å². The average molecular weight is 444 g/mol. The third-order valence-corrected chi connectivity index (χ3v) is 6.86. The maximum Gasteiger partial charge on any atom is 0.226 e. The standard InChI is InChI=1S/C21H30ClN3OS.ClH/c1-3-11-25-18(14-27-21(25)24-16-7-5-4-6-8-16)13-20(26)23-17-10-9-15(2)19(22)12-17;/h9-10,12,16,18H,3-8,11,13-14H2,1-2H3,(H,23,26);1H/b24-21-;. The molecule has 0 spiro atoms. The van der Waals surface area contributed by atoms with Gasteiger partial charge in [0.15, 0.2) is 5.17 Å². The molecule has 7 heteroatoms. The maximum absolute atomic E-state index is 12.6. The first-order valence-electron chi connectivity index (χ1n) is 10.1. The van der Waals surface area contributed by atoms with Crippen LogP contribution >= 0.6 is 35.8 Å². The van der Waals surface area contributed by atoms with Gasteiger partial charge in [-0.05, 0) is 43.9 Å². The number of nitrogens with one attached hydrogen (secondary N) is 1. The molecule has 0 bridgehead atoms. The molecule has 156 valence electrons. The molecule has 1 unspecified atom stereocenters. The molecular formula is C21H31Cl2N3OS. The molecular weight excluding hydrogens is 413 g/mol. The molecule has 1 aromatic carbocycles. The van der Waals surface area contributed by atoms with Gasteiger partial charge in [0, 0.05) is 35.5 Å². The van der Waals surface area contributed by atoms with Gasteiger partial charge in [-0.3, -0.25) is 9.79 Å². The van der Waals surface area contributed by atoms with Crippen molar-refractivity contribution in [2.24, 2.45) is 4.99 Å². The molecule has 2 fully saturated rings. The highest BCUT2D eigenvalue weighted by atomic mass is 35.5. The largest absolute Gasteiger partial charge is 0.347 e. The third kappa shape index (κ3) is 6.30. The molecule has 1 saturated carbocycles. The van der Waals surface area contributed by atoms with Crippen LogP contribution in [-0.4, -0.2) is 40.4 Å². The highest BCUT2D eigenvalue weighted by molar-refractivity contribution is 8.14. The van der Waals surface area contributed by atoms with Crippen molar-refractivity contribution in [3.63, 3.8) is 0 Å². The van der Waals surface area contributed by atoms with Gasteiger partial charge in [-0.15, -0.1) is 12.4 Å². The van der Waals surface area contributed by atoms with E-state index in [0.29, 0.717) is 17.5 Å². The Bertz CT molecular complexity index is 692. The van der Waals surface area contributed by atoms with E-state index in [1.807, 2.05) is 36.9 Å². The number of amides is 1. The van der Waals surface area contributed by atoms with Gasteiger partial charge in [-0.2, -0.15) is 0 Å². The monoisotopic (exact) mass is 443 g/mol. The summed E-state index contributed by atoms with van der Waals surface area (Å²) < 4.78 is 0. The van der Waals surface area contributed by atoms with E-state index in [0.717, 1.165) is 35.1 Å².